The summed E-state index contributed by atoms with van der Waals surface area (Å²) in [5.74, 6) is 0.573. The van der Waals surface area contributed by atoms with Gasteiger partial charge in [0, 0.05) is 13.1 Å². The number of carbonyl (C=O) groups excluding carboxylic acids is 1. The van der Waals surface area contributed by atoms with E-state index >= 15 is 0 Å². The minimum absolute atomic E-state index is 0.161. The van der Waals surface area contributed by atoms with Crippen molar-refractivity contribution in [3.63, 3.8) is 0 Å². The van der Waals surface area contributed by atoms with Crippen LogP contribution in [0.1, 0.15) is 54.4 Å². The molecule has 0 aliphatic carbocycles. The van der Waals surface area contributed by atoms with Crippen molar-refractivity contribution in [3.8, 4) is 0 Å². The molecule has 100 valence electrons. The van der Waals surface area contributed by atoms with Crippen LogP contribution in [0.2, 0.25) is 0 Å². The Kier molecular flexibility index (Phi) is 4.11. The molecule has 1 heterocycles. The molecule has 0 aromatic heterocycles. The lowest BCUT2D eigenvalue weighted by Gasteiger charge is -2.40. The number of hydrogen-bond donors (Lipinski definition) is 0. The van der Waals surface area contributed by atoms with Crippen LogP contribution in [0.5, 0.6) is 0 Å². The van der Waals surface area contributed by atoms with Crippen molar-refractivity contribution in [1.82, 2.24) is 4.90 Å². The highest BCUT2D eigenvalue weighted by Gasteiger charge is 2.33. The maximum atomic E-state index is 12.0. The number of amides is 1. The van der Waals surface area contributed by atoms with Crippen molar-refractivity contribution in [1.29, 1.82) is 0 Å². The Balaban J connectivity index is 2.58. The van der Waals surface area contributed by atoms with Crippen LogP contribution in [0.15, 0.2) is 0 Å². The molecule has 0 saturated carbocycles. The molecule has 1 amide bonds. The van der Waals surface area contributed by atoms with Gasteiger partial charge in [-0.15, -0.1) is 0 Å². The molecule has 1 saturated heterocycles. The maximum absolute atomic E-state index is 12.0. The zero-order valence-corrected chi connectivity index (χ0v) is 12.2. The average molecular weight is 241 g/mol. The van der Waals surface area contributed by atoms with Gasteiger partial charge in [-0.25, -0.2) is 4.79 Å². The second kappa shape index (κ2) is 4.87. The van der Waals surface area contributed by atoms with E-state index in [0.29, 0.717) is 5.92 Å². The van der Waals surface area contributed by atoms with E-state index in [0.717, 1.165) is 19.5 Å². The van der Waals surface area contributed by atoms with Crippen LogP contribution in [0, 0.1) is 11.3 Å². The Morgan fingerprint density at radius 3 is 2.24 bits per heavy atom. The summed E-state index contributed by atoms with van der Waals surface area (Å²) in [6.45, 7) is 14.1. The van der Waals surface area contributed by atoms with Crippen molar-refractivity contribution < 1.29 is 9.53 Å². The largest absolute Gasteiger partial charge is 0.444 e. The lowest BCUT2D eigenvalue weighted by atomic mass is 9.76. The smallest absolute Gasteiger partial charge is 0.410 e. The number of piperidine rings is 1. The van der Waals surface area contributed by atoms with Crippen molar-refractivity contribution in [3.05, 3.63) is 0 Å². The van der Waals surface area contributed by atoms with Gasteiger partial charge in [-0.3, -0.25) is 0 Å². The molecule has 1 rings (SSSR count). The summed E-state index contributed by atoms with van der Waals surface area (Å²) >= 11 is 0. The van der Waals surface area contributed by atoms with E-state index in [-0.39, 0.29) is 11.5 Å². The predicted octanol–water partition coefficient (Wildman–Crippen LogP) is 3.68. The van der Waals surface area contributed by atoms with E-state index in [1.54, 1.807) is 0 Å². The summed E-state index contributed by atoms with van der Waals surface area (Å²) < 4.78 is 5.43. The lowest BCUT2D eigenvalue weighted by Crippen LogP contribution is -2.45. The van der Waals surface area contributed by atoms with Crippen LogP contribution >= 0.6 is 0 Å². The van der Waals surface area contributed by atoms with Gasteiger partial charge in [0.2, 0.25) is 0 Å². The molecule has 1 atom stereocenters. The van der Waals surface area contributed by atoms with Gasteiger partial charge in [-0.05, 0) is 44.9 Å². The fourth-order valence-electron chi connectivity index (χ4n) is 2.18. The van der Waals surface area contributed by atoms with Gasteiger partial charge >= 0.3 is 6.09 Å². The molecule has 3 nitrogen and oxygen atoms in total. The lowest BCUT2D eigenvalue weighted by molar-refractivity contribution is 0.00881. The first-order chi connectivity index (χ1) is 7.59. The standard InChI is InChI=1S/C14H27NO2/c1-13(2,3)11-8-7-9-15(10-11)12(16)17-14(4,5)6/h11H,7-10H2,1-6H3/t11-/m1/s1. The third-order valence-corrected chi connectivity index (χ3v) is 3.30. The van der Waals surface area contributed by atoms with Gasteiger partial charge in [0.05, 0.1) is 0 Å². The molecule has 17 heavy (non-hydrogen) atoms. The Hall–Kier alpha value is -0.730. The summed E-state index contributed by atoms with van der Waals surface area (Å²) in [4.78, 5) is 13.9. The SMILES string of the molecule is CC(C)(C)OC(=O)N1CCC[C@@H](C(C)(C)C)C1. The molecule has 1 fully saturated rings. The van der Waals surface area contributed by atoms with E-state index in [4.69, 9.17) is 4.74 Å². The van der Waals surface area contributed by atoms with Gasteiger partial charge < -0.3 is 9.64 Å². The van der Waals surface area contributed by atoms with Gasteiger partial charge in [-0.2, -0.15) is 0 Å². The highest BCUT2D eigenvalue weighted by molar-refractivity contribution is 5.68. The second-order valence-corrected chi connectivity index (χ2v) is 7.13. The van der Waals surface area contributed by atoms with Crippen LogP contribution in [0.3, 0.4) is 0 Å². The van der Waals surface area contributed by atoms with Gasteiger partial charge in [0.25, 0.3) is 0 Å². The summed E-state index contributed by atoms with van der Waals surface area (Å²) in [6.07, 6.45) is 2.13. The van der Waals surface area contributed by atoms with Crippen LogP contribution in [0.25, 0.3) is 0 Å². The highest BCUT2D eigenvalue weighted by atomic mass is 16.6. The molecule has 0 radical (unpaired) electrons. The average Bonchev–Trinajstić information content (AvgIpc) is 2.14. The number of rotatable bonds is 0. The van der Waals surface area contributed by atoms with E-state index in [1.165, 1.54) is 6.42 Å². The number of carbonyl (C=O) groups is 1. The predicted molar refractivity (Wildman–Crippen MR) is 70.0 cm³/mol. The summed E-state index contributed by atoms with van der Waals surface area (Å²) in [5, 5.41) is 0. The van der Waals surface area contributed by atoms with E-state index < -0.39 is 5.60 Å². The third kappa shape index (κ3) is 4.57. The van der Waals surface area contributed by atoms with Gasteiger partial charge in [-0.1, -0.05) is 20.8 Å². The Morgan fingerprint density at radius 1 is 1.18 bits per heavy atom. The second-order valence-electron chi connectivity index (χ2n) is 7.13. The fourth-order valence-corrected chi connectivity index (χ4v) is 2.18. The van der Waals surface area contributed by atoms with E-state index in [1.807, 2.05) is 25.7 Å². The Labute approximate surface area is 106 Å². The number of ether oxygens (including phenoxy) is 1. The van der Waals surface area contributed by atoms with Crippen LogP contribution in [-0.2, 0) is 4.74 Å². The fraction of sp³-hybridized carbons (Fsp3) is 0.929. The minimum atomic E-state index is -0.397. The van der Waals surface area contributed by atoms with Crippen LogP contribution < -0.4 is 0 Å². The van der Waals surface area contributed by atoms with Gasteiger partial charge in [0.15, 0.2) is 0 Å². The molecule has 1 aliphatic rings. The van der Waals surface area contributed by atoms with Crippen molar-refractivity contribution in [2.45, 2.75) is 60.0 Å². The molecule has 0 aromatic rings. The summed E-state index contributed by atoms with van der Waals surface area (Å²) in [6, 6.07) is 0. The molecule has 0 N–H and O–H groups in total. The first-order valence-corrected chi connectivity index (χ1v) is 6.57. The molecule has 3 heteroatoms. The molecule has 0 spiro atoms. The molecule has 0 unspecified atom stereocenters. The zero-order chi connectivity index (χ0) is 13.3. The number of likely N-dealkylation sites (tertiary alicyclic amines) is 1. The van der Waals surface area contributed by atoms with Gasteiger partial charge in [0.1, 0.15) is 5.60 Å². The molecule has 0 bridgehead atoms. The molecule has 1 aliphatic heterocycles. The first kappa shape index (κ1) is 14.3. The summed E-state index contributed by atoms with van der Waals surface area (Å²) in [7, 11) is 0. The van der Waals surface area contributed by atoms with Crippen molar-refractivity contribution in [2.24, 2.45) is 11.3 Å². The molecular weight excluding hydrogens is 214 g/mol. The Morgan fingerprint density at radius 2 is 1.76 bits per heavy atom. The van der Waals surface area contributed by atoms with E-state index in [2.05, 4.69) is 20.8 Å². The molecule has 0 aromatic carbocycles. The maximum Gasteiger partial charge on any atom is 0.410 e. The van der Waals surface area contributed by atoms with Crippen LogP contribution in [0.4, 0.5) is 4.79 Å². The Bertz CT molecular complexity index is 273. The number of nitrogens with zero attached hydrogens (tertiary/aromatic N) is 1. The third-order valence-electron chi connectivity index (χ3n) is 3.30. The normalized spacial score (nSPS) is 22.5. The zero-order valence-electron chi connectivity index (χ0n) is 12.2. The molecular formula is C14H27NO2. The van der Waals surface area contributed by atoms with E-state index in [9.17, 15) is 4.79 Å². The minimum Gasteiger partial charge on any atom is -0.444 e. The first-order valence-electron chi connectivity index (χ1n) is 6.57. The van der Waals surface area contributed by atoms with Crippen LogP contribution in [-0.4, -0.2) is 29.7 Å². The quantitative estimate of drug-likeness (QED) is 0.647. The summed E-state index contributed by atoms with van der Waals surface area (Å²) in [5.41, 5.74) is -0.132. The number of hydrogen-bond acceptors (Lipinski definition) is 2. The van der Waals surface area contributed by atoms with Crippen molar-refractivity contribution >= 4 is 6.09 Å². The highest BCUT2D eigenvalue weighted by Crippen LogP contribution is 2.33. The monoisotopic (exact) mass is 241 g/mol. The topological polar surface area (TPSA) is 29.5 Å². The van der Waals surface area contributed by atoms with Crippen molar-refractivity contribution in [2.75, 3.05) is 13.1 Å².